The molecule has 4 N–H and O–H groups in total. The Labute approximate surface area is 73.6 Å². The van der Waals surface area contributed by atoms with E-state index in [1.807, 2.05) is 0 Å². The van der Waals surface area contributed by atoms with Crippen LogP contribution < -0.4 is 5.50 Å². The highest BCUT2D eigenvalue weighted by Crippen LogP contribution is 2.21. The van der Waals surface area contributed by atoms with E-state index in [1.54, 1.807) is 13.8 Å². The van der Waals surface area contributed by atoms with Gasteiger partial charge in [0.25, 0.3) is 0 Å². The Hall–Kier alpha value is 0.460. The Bertz CT molecular complexity index is 101. The molecule has 0 bridgehead atoms. The van der Waals surface area contributed by atoms with Crippen molar-refractivity contribution in [3.8, 4) is 0 Å². The molecular weight excluding hydrogens is 204 g/mol. The maximum absolute atomic E-state index is 10.4. The summed E-state index contributed by atoms with van der Waals surface area (Å²) in [5, 5.41) is 0. The third kappa shape index (κ3) is 22.4. The van der Waals surface area contributed by atoms with Gasteiger partial charge in [0.15, 0.2) is 0 Å². The lowest BCUT2D eigenvalue weighted by Crippen LogP contribution is -1.81. The monoisotopic (exact) mass is 219 g/mol. The molecule has 0 aromatic heterocycles. The van der Waals surface area contributed by atoms with Crippen molar-refractivity contribution in [3.05, 3.63) is 0 Å². The van der Waals surface area contributed by atoms with Gasteiger partial charge in [-0.05, 0) is 13.8 Å². The minimum Gasteiger partial charge on any atom is -0.338 e. The van der Waals surface area contributed by atoms with Gasteiger partial charge in [0.2, 0.25) is 8.53 Å². The predicted molar refractivity (Wildman–Crippen MR) is 47.8 cm³/mol. The summed E-state index contributed by atoms with van der Waals surface area (Å²) in [5.74, 6) is 0. The first-order chi connectivity index (χ1) is 5.54. The first-order valence-corrected chi connectivity index (χ1v) is 5.80. The van der Waals surface area contributed by atoms with Crippen LogP contribution in [0, 0.1) is 0 Å². The molecule has 0 radical (unpaired) electrons. The standard InChI is InChI=1S/C4H11O3P.H4NO2P/c1-3-6-8(5)7-4-2;1-4(2)3/h8H,3-4H2,1-2H3;2-3H,1H2. The zero-order chi connectivity index (χ0) is 9.98. The van der Waals surface area contributed by atoms with Crippen LogP contribution in [0.25, 0.3) is 0 Å². The summed E-state index contributed by atoms with van der Waals surface area (Å²) < 4.78 is 19.6. The van der Waals surface area contributed by atoms with E-state index in [-0.39, 0.29) is 0 Å². The minimum atomic E-state index is -2.14. The second-order valence-corrected chi connectivity index (χ2v) is 3.15. The molecule has 0 unspecified atom stereocenters. The highest BCUT2D eigenvalue weighted by Gasteiger charge is 1.91. The SMILES string of the molecule is CCO[PH](=O)OCC.NP(O)O. The predicted octanol–water partition coefficient (Wildman–Crippen LogP) is 0.606. The molecule has 6 nitrogen and oxygen atoms in total. The lowest BCUT2D eigenvalue weighted by molar-refractivity contribution is 0.243. The fraction of sp³-hybridized carbons (Fsp3) is 1.00. The smallest absolute Gasteiger partial charge is 0.319 e. The molecule has 0 fully saturated rings. The van der Waals surface area contributed by atoms with E-state index in [1.165, 1.54) is 0 Å². The highest BCUT2D eigenvalue weighted by molar-refractivity contribution is 7.42. The van der Waals surface area contributed by atoms with Gasteiger partial charge in [0, 0.05) is 0 Å². The number of rotatable bonds is 4. The third-order valence-electron chi connectivity index (χ3n) is 0.524. The van der Waals surface area contributed by atoms with Crippen molar-refractivity contribution >= 4 is 16.8 Å². The van der Waals surface area contributed by atoms with Crippen LogP contribution in [0.3, 0.4) is 0 Å². The zero-order valence-electron chi connectivity index (χ0n) is 7.06. The van der Waals surface area contributed by atoms with Gasteiger partial charge < -0.3 is 18.8 Å². The molecule has 0 saturated heterocycles. The van der Waals surface area contributed by atoms with Crippen molar-refractivity contribution in [2.75, 3.05) is 13.2 Å². The summed E-state index contributed by atoms with van der Waals surface area (Å²) >= 11 is 0. The number of nitrogens with two attached hydrogens (primary N) is 1. The van der Waals surface area contributed by atoms with E-state index < -0.39 is 16.8 Å². The summed E-state index contributed by atoms with van der Waals surface area (Å²) in [4.78, 5) is 14.9. The Morgan fingerprint density at radius 1 is 1.33 bits per heavy atom. The maximum Gasteiger partial charge on any atom is 0.319 e. The molecule has 0 amide bonds. The van der Waals surface area contributed by atoms with E-state index in [2.05, 4.69) is 14.6 Å². The molecule has 0 atom stereocenters. The van der Waals surface area contributed by atoms with Gasteiger partial charge in [-0.15, -0.1) is 0 Å². The average Bonchev–Trinajstić information content (AvgIpc) is 1.87. The van der Waals surface area contributed by atoms with Crippen LogP contribution in [0.2, 0.25) is 0 Å². The Kier molecular flexibility index (Phi) is 14.3. The van der Waals surface area contributed by atoms with Crippen molar-refractivity contribution in [2.45, 2.75) is 13.8 Å². The van der Waals surface area contributed by atoms with E-state index in [9.17, 15) is 4.57 Å². The fourth-order valence-corrected chi connectivity index (χ4v) is 0.832. The summed E-state index contributed by atoms with van der Waals surface area (Å²) in [7, 11) is -4.26. The van der Waals surface area contributed by atoms with Gasteiger partial charge in [-0.25, -0.2) is 0 Å². The van der Waals surface area contributed by atoms with Crippen LogP contribution in [-0.4, -0.2) is 23.0 Å². The molecule has 0 spiro atoms. The van der Waals surface area contributed by atoms with Crippen LogP contribution >= 0.6 is 16.8 Å². The zero-order valence-corrected chi connectivity index (χ0v) is 8.95. The second kappa shape index (κ2) is 11.5. The van der Waals surface area contributed by atoms with Crippen molar-refractivity contribution in [3.63, 3.8) is 0 Å². The topological polar surface area (TPSA) is 102 Å². The van der Waals surface area contributed by atoms with Crippen LogP contribution in [0.15, 0.2) is 0 Å². The van der Waals surface area contributed by atoms with Crippen LogP contribution in [0.1, 0.15) is 13.8 Å². The largest absolute Gasteiger partial charge is 0.338 e. The highest BCUT2D eigenvalue weighted by atomic mass is 31.2. The van der Waals surface area contributed by atoms with Gasteiger partial charge >= 0.3 is 8.25 Å². The number of hydrogen-bond donors (Lipinski definition) is 3. The van der Waals surface area contributed by atoms with Gasteiger partial charge in [-0.2, -0.15) is 0 Å². The quantitative estimate of drug-likeness (QED) is 0.598. The molecular formula is C4H15NO5P2. The van der Waals surface area contributed by atoms with E-state index >= 15 is 0 Å². The van der Waals surface area contributed by atoms with E-state index in [0.29, 0.717) is 13.2 Å². The van der Waals surface area contributed by atoms with Crippen molar-refractivity contribution in [1.82, 2.24) is 0 Å². The summed E-state index contributed by atoms with van der Waals surface area (Å²) in [5.41, 5.74) is 4.29. The van der Waals surface area contributed by atoms with Gasteiger partial charge in [0.1, 0.15) is 0 Å². The fourth-order valence-electron chi connectivity index (χ4n) is 0.277. The van der Waals surface area contributed by atoms with Crippen LogP contribution in [-0.2, 0) is 13.6 Å². The molecule has 0 aromatic carbocycles. The Morgan fingerprint density at radius 2 is 1.58 bits per heavy atom. The van der Waals surface area contributed by atoms with Crippen molar-refractivity contribution in [1.29, 1.82) is 0 Å². The van der Waals surface area contributed by atoms with E-state index in [4.69, 9.17) is 9.79 Å². The van der Waals surface area contributed by atoms with Crippen LogP contribution in [0.5, 0.6) is 0 Å². The lowest BCUT2D eigenvalue weighted by atomic mass is 10.9. The molecule has 0 aliphatic rings. The first-order valence-electron chi connectivity index (χ1n) is 3.26. The van der Waals surface area contributed by atoms with Gasteiger partial charge in [-0.3, -0.25) is 10.1 Å². The second-order valence-electron chi connectivity index (χ2n) is 1.44. The molecule has 0 aromatic rings. The summed E-state index contributed by atoms with van der Waals surface area (Å²) in [6.45, 7) is 4.47. The van der Waals surface area contributed by atoms with E-state index in [0.717, 1.165) is 0 Å². The minimum absolute atomic E-state index is 0.456. The Morgan fingerprint density at radius 3 is 1.75 bits per heavy atom. The molecule has 8 heteroatoms. The molecule has 0 heterocycles. The molecule has 0 rings (SSSR count). The molecule has 0 saturated carbocycles. The summed E-state index contributed by atoms with van der Waals surface area (Å²) in [6.07, 6.45) is 0. The van der Waals surface area contributed by atoms with Gasteiger partial charge in [-0.1, -0.05) is 0 Å². The summed E-state index contributed by atoms with van der Waals surface area (Å²) in [6, 6.07) is 0. The van der Waals surface area contributed by atoms with Crippen molar-refractivity contribution in [2.24, 2.45) is 5.50 Å². The molecule has 76 valence electrons. The van der Waals surface area contributed by atoms with Gasteiger partial charge in [0.05, 0.1) is 13.2 Å². The van der Waals surface area contributed by atoms with Crippen molar-refractivity contribution < 1.29 is 23.4 Å². The maximum atomic E-state index is 10.4. The third-order valence-corrected chi connectivity index (χ3v) is 1.57. The molecule has 0 aliphatic heterocycles. The average molecular weight is 219 g/mol. The normalized spacial score (nSPS) is 9.92. The van der Waals surface area contributed by atoms with Crippen LogP contribution in [0.4, 0.5) is 0 Å². The molecule has 0 aliphatic carbocycles. The lowest BCUT2D eigenvalue weighted by Gasteiger charge is -1.97. The number of hydrogen-bond acceptors (Lipinski definition) is 6. The first kappa shape index (κ1) is 15.0. The molecule has 12 heavy (non-hydrogen) atoms. The Balaban J connectivity index is 0.